The van der Waals surface area contributed by atoms with Crippen molar-refractivity contribution in [1.29, 1.82) is 0 Å². The van der Waals surface area contributed by atoms with Crippen LogP contribution in [-0.2, 0) is 15.0 Å². The molecule has 16 heteroatoms. The van der Waals surface area contributed by atoms with E-state index >= 15 is 0 Å². The molecular weight excluding hydrogens is 554 g/mol. The van der Waals surface area contributed by atoms with Crippen molar-refractivity contribution >= 4 is 52.3 Å². The zero-order valence-corrected chi connectivity index (χ0v) is 20.7. The van der Waals surface area contributed by atoms with E-state index in [1.165, 1.54) is 24.4 Å². The van der Waals surface area contributed by atoms with Crippen molar-refractivity contribution in [3.8, 4) is 11.4 Å². The highest BCUT2D eigenvalue weighted by atomic mass is 35.5. The van der Waals surface area contributed by atoms with Gasteiger partial charge in [0.25, 0.3) is 0 Å². The molecule has 4 N–H and O–H groups in total. The van der Waals surface area contributed by atoms with Crippen molar-refractivity contribution in [1.82, 2.24) is 20.0 Å². The average Bonchev–Trinajstić information content (AvgIpc) is 3.44. The molecule has 0 bridgehead atoms. The SMILES string of the molecule is Nc1nc(-c2cn([C@]3(c4ccc(Cl)c(Cl)c4)[C@H](O)[C@H](CO)O[C@@H](S)[C@H]3OCC(F)(F)F)nn2)cs1. The number of aliphatic hydroxyl groups is 2. The Balaban J connectivity index is 1.96. The molecule has 0 radical (unpaired) electrons. The molecule has 2 aromatic heterocycles. The highest BCUT2D eigenvalue weighted by molar-refractivity contribution is 7.80. The van der Waals surface area contributed by atoms with E-state index in [0.29, 0.717) is 5.69 Å². The number of rotatable bonds is 6. The van der Waals surface area contributed by atoms with Gasteiger partial charge in [-0.15, -0.1) is 29.1 Å². The lowest BCUT2D eigenvalue weighted by Crippen LogP contribution is -2.68. The Morgan fingerprint density at radius 2 is 2.03 bits per heavy atom. The number of anilines is 1. The molecule has 0 spiro atoms. The number of aromatic nitrogens is 4. The van der Waals surface area contributed by atoms with E-state index in [-0.39, 0.29) is 26.4 Å². The van der Waals surface area contributed by atoms with E-state index in [0.717, 1.165) is 16.0 Å². The van der Waals surface area contributed by atoms with Crippen molar-refractivity contribution in [2.75, 3.05) is 18.9 Å². The summed E-state index contributed by atoms with van der Waals surface area (Å²) >= 11 is 17.8. The van der Waals surface area contributed by atoms with Gasteiger partial charge >= 0.3 is 6.18 Å². The Labute approximate surface area is 216 Å². The Kier molecular flexibility index (Phi) is 7.56. The number of aliphatic hydroxyl groups excluding tert-OH is 2. The second kappa shape index (κ2) is 10.0. The van der Waals surface area contributed by atoms with Gasteiger partial charge in [0.15, 0.2) is 5.13 Å². The Hall–Kier alpha value is -1.65. The van der Waals surface area contributed by atoms with Crippen LogP contribution in [-0.4, -0.2) is 73.3 Å². The molecule has 1 aliphatic rings. The molecule has 4 rings (SSSR count). The molecule has 5 atom stereocenters. The first-order valence-corrected chi connectivity index (χ1v) is 12.0. The first kappa shape index (κ1) is 26.4. The van der Waals surface area contributed by atoms with Crippen LogP contribution in [0.4, 0.5) is 18.3 Å². The van der Waals surface area contributed by atoms with Crippen molar-refractivity contribution in [2.45, 2.75) is 35.5 Å². The number of nitrogens with zero attached hydrogens (tertiary/aromatic N) is 4. The Morgan fingerprint density at radius 1 is 1.29 bits per heavy atom. The van der Waals surface area contributed by atoms with Crippen molar-refractivity contribution in [3.63, 3.8) is 0 Å². The minimum absolute atomic E-state index is 0.0562. The van der Waals surface area contributed by atoms with Crippen LogP contribution >= 0.6 is 47.2 Å². The fraction of sp³-hybridized carbons (Fsp3) is 0.421. The molecule has 1 fully saturated rings. The maximum Gasteiger partial charge on any atom is 0.411 e. The maximum absolute atomic E-state index is 13.2. The van der Waals surface area contributed by atoms with Gasteiger partial charge in [-0.3, -0.25) is 0 Å². The van der Waals surface area contributed by atoms with Gasteiger partial charge < -0.3 is 25.4 Å². The van der Waals surface area contributed by atoms with E-state index in [1.54, 1.807) is 5.38 Å². The quantitative estimate of drug-likeness (QED) is 0.332. The molecule has 35 heavy (non-hydrogen) atoms. The van der Waals surface area contributed by atoms with Crippen LogP contribution in [0.5, 0.6) is 0 Å². The molecule has 0 unspecified atom stereocenters. The Bertz CT molecular complexity index is 1200. The molecule has 1 saturated heterocycles. The van der Waals surface area contributed by atoms with Crippen molar-refractivity contribution in [3.05, 3.63) is 45.4 Å². The summed E-state index contributed by atoms with van der Waals surface area (Å²) in [5.41, 5.74) is 3.17. The number of nitrogens with two attached hydrogens (primary N) is 1. The van der Waals surface area contributed by atoms with Gasteiger partial charge in [-0.25, -0.2) is 9.67 Å². The van der Waals surface area contributed by atoms with Crippen molar-refractivity contribution in [2.24, 2.45) is 0 Å². The monoisotopic (exact) mass is 571 g/mol. The van der Waals surface area contributed by atoms with Crippen LogP contribution < -0.4 is 5.73 Å². The van der Waals surface area contributed by atoms with Gasteiger partial charge in [-0.1, -0.05) is 34.5 Å². The topological polar surface area (TPSA) is 129 Å². The lowest BCUT2D eigenvalue weighted by Gasteiger charge is -2.51. The minimum atomic E-state index is -4.71. The lowest BCUT2D eigenvalue weighted by atomic mass is 9.75. The van der Waals surface area contributed by atoms with E-state index in [2.05, 4.69) is 27.9 Å². The zero-order chi connectivity index (χ0) is 25.5. The number of nitrogen functional groups attached to an aromatic ring is 1. The normalized spacial score (nSPS) is 27.3. The van der Waals surface area contributed by atoms with Gasteiger partial charge in [-0.05, 0) is 17.7 Å². The fourth-order valence-corrected chi connectivity index (χ4v) is 5.30. The summed E-state index contributed by atoms with van der Waals surface area (Å²) in [4.78, 5) is 4.13. The van der Waals surface area contributed by atoms with E-state index in [1.807, 2.05) is 0 Å². The second-order valence-electron chi connectivity index (χ2n) is 7.61. The summed E-state index contributed by atoms with van der Waals surface area (Å²) in [6.45, 7) is -2.36. The third kappa shape index (κ3) is 4.98. The smallest absolute Gasteiger partial charge is 0.394 e. The summed E-state index contributed by atoms with van der Waals surface area (Å²) in [6, 6.07) is 4.22. The molecule has 190 valence electrons. The Morgan fingerprint density at radius 3 is 2.63 bits per heavy atom. The third-order valence-electron chi connectivity index (χ3n) is 5.46. The predicted octanol–water partition coefficient (Wildman–Crippen LogP) is 2.99. The molecular formula is C19H18Cl2F3N5O4S2. The van der Waals surface area contributed by atoms with Gasteiger partial charge in [0.05, 0.1) is 22.8 Å². The number of thiol groups is 1. The molecule has 0 saturated carbocycles. The van der Waals surface area contributed by atoms with Crippen LogP contribution in [0.3, 0.4) is 0 Å². The van der Waals surface area contributed by atoms with Crippen LogP contribution in [0.1, 0.15) is 5.56 Å². The average molecular weight is 572 g/mol. The third-order valence-corrected chi connectivity index (χ3v) is 7.26. The number of thiazole rings is 1. The largest absolute Gasteiger partial charge is 0.411 e. The number of hydrogen-bond acceptors (Lipinski definition) is 10. The summed E-state index contributed by atoms with van der Waals surface area (Å²) in [6.07, 6.45) is -7.90. The number of ether oxygens (including phenoxy) is 2. The molecule has 1 aliphatic heterocycles. The predicted molar refractivity (Wildman–Crippen MR) is 126 cm³/mol. The van der Waals surface area contributed by atoms with Crippen LogP contribution in [0, 0.1) is 0 Å². The van der Waals surface area contributed by atoms with Gasteiger partial charge in [0.2, 0.25) is 0 Å². The first-order chi connectivity index (χ1) is 16.5. The second-order valence-corrected chi connectivity index (χ2v) is 9.83. The highest BCUT2D eigenvalue weighted by Gasteiger charge is 2.60. The fourth-order valence-electron chi connectivity index (χ4n) is 3.98. The first-order valence-electron chi connectivity index (χ1n) is 9.88. The van der Waals surface area contributed by atoms with Gasteiger partial charge in [0.1, 0.15) is 47.3 Å². The molecule has 3 aromatic rings. The standard InChI is InChI=1S/C19H18Cl2F3N5O4S2/c20-9-2-1-8(3-10(9)21)19(29-4-11(27-28-29)12-6-35-17(25)26-12)14(31)13(5-30)33-16(34)15(19)32-7-18(22,23)24/h1-4,6,13-16,30-31,34H,5,7H2,(H2,25,26)/t13-,14+,15+,16-,19+/m0/s1. The molecule has 0 amide bonds. The van der Waals surface area contributed by atoms with E-state index in [9.17, 15) is 23.4 Å². The maximum atomic E-state index is 13.2. The van der Waals surface area contributed by atoms with Gasteiger partial charge in [0, 0.05) is 5.38 Å². The lowest BCUT2D eigenvalue weighted by molar-refractivity contribution is -0.251. The molecule has 3 heterocycles. The van der Waals surface area contributed by atoms with Crippen LogP contribution in [0.15, 0.2) is 29.8 Å². The molecule has 1 aromatic carbocycles. The number of halogens is 5. The number of alkyl halides is 3. The molecule has 0 aliphatic carbocycles. The minimum Gasteiger partial charge on any atom is -0.394 e. The summed E-state index contributed by atoms with van der Waals surface area (Å²) in [5, 5.41) is 31.6. The summed E-state index contributed by atoms with van der Waals surface area (Å²) in [7, 11) is 0. The molecule has 9 nitrogen and oxygen atoms in total. The number of benzene rings is 1. The van der Waals surface area contributed by atoms with E-state index in [4.69, 9.17) is 38.4 Å². The van der Waals surface area contributed by atoms with Crippen LogP contribution in [0.25, 0.3) is 11.4 Å². The van der Waals surface area contributed by atoms with Crippen molar-refractivity contribution < 1.29 is 32.9 Å². The van der Waals surface area contributed by atoms with Gasteiger partial charge in [-0.2, -0.15) is 13.2 Å². The highest BCUT2D eigenvalue weighted by Crippen LogP contribution is 2.46. The van der Waals surface area contributed by atoms with Crippen LogP contribution in [0.2, 0.25) is 10.0 Å². The van der Waals surface area contributed by atoms with E-state index < -0.39 is 48.7 Å². The summed E-state index contributed by atoms with van der Waals surface area (Å²) < 4.78 is 51.5. The summed E-state index contributed by atoms with van der Waals surface area (Å²) in [5.74, 6) is 0. The zero-order valence-electron chi connectivity index (χ0n) is 17.4. The number of hydrogen-bond donors (Lipinski definition) is 4.